The molecule has 1 aliphatic heterocycles. The van der Waals surface area contributed by atoms with E-state index >= 15 is 0 Å². The van der Waals surface area contributed by atoms with Crippen molar-refractivity contribution < 1.29 is 9.90 Å². The van der Waals surface area contributed by atoms with Crippen molar-refractivity contribution >= 4 is 11.8 Å². The maximum absolute atomic E-state index is 11.3. The minimum absolute atomic E-state index is 0.438. The van der Waals surface area contributed by atoms with E-state index in [2.05, 4.69) is 10.2 Å². The van der Waals surface area contributed by atoms with Crippen molar-refractivity contribution in [2.24, 2.45) is 0 Å². The summed E-state index contributed by atoms with van der Waals surface area (Å²) in [5.74, 6) is 0.842. The van der Waals surface area contributed by atoms with Gasteiger partial charge in [-0.15, -0.1) is 0 Å². The minimum Gasteiger partial charge on any atom is -0.480 e. The molecule has 24 heavy (non-hydrogen) atoms. The van der Waals surface area contributed by atoms with Crippen molar-refractivity contribution in [2.45, 2.75) is 25.3 Å². The molecule has 1 aliphatic carbocycles. The number of piperazine rings is 1. The molecule has 6 nitrogen and oxygen atoms in total. The van der Waals surface area contributed by atoms with Crippen LogP contribution in [0.15, 0.2) is 30.3 Å². The van der Waals surface area contributed by atoms with Crippen molar-refractivity contribution in [2.75, 3.05) is 24.5 Å². The highest BCUT2D eigenvalue weighted by molar-refractivity contribution is 5.75. The summed E-state index contributed by atoms with van der Waals surface area (Å²) in [6.07, 6.45) is 3.03. The second-order valence-corrected chi connectivity index (χ2v) is 6.31. The van der Waals surface area contributed by atoms with Crippen LogP contribution in [0.4, 0.5) is 5.82 Å². The predicted molar refractivity (Wildman–Crippen MR) is 91.1 cm³/mol. The fourth-order valence-corrected chi connectivity index (χ4v) is 3.50. The molecule has 1 aromatic heterocycles. The average Bonchev–Trinajstić information content (AvgIpc) is 3.10. The molecule has 1 atom stereocenters. The molecule has 2 aromatic rings. The molecule has 1 saturated heterocycles. The lowest BCUT2D eigenvalue weighted by Crippen LogP contribution is -2.54. The lowest BCUT2D eigenvalue weighted by molar-refractivity contribution is -0.139. The van der Waals surface area contributed by atoms with Crippen LogP contribution in [0.5, 0.6) is 0 Å². The fourth-order valence-electron chi connectivity index (χ4n) is 3.50. The van der Waals surface area contributed by atoms with Gasteiger partial charge in [-0.05, 0) is 19.3 Å². The monoisotopic (exact) mass is 324 g/mol. The smallest absolute Gasteiger partial charge is 0.322 e. The molecule has 0 bridgehead atoms. The Morgan fingerprint density at radius 3 is 2.83 bits per heavy atom. The van der Waals surface area contributed by atoms with Gasteiger partial charge in [0.2, 0.25) is 0 Å². The quantitative estimate of drug-likeness (QED) is 0.891. The van der Waals surface area contributed by atoms with Gasteiger partial charge in [0.15, 0.2) is 5.82 Å². The zero-order valence-corrected chi connectivity index (χ0v) is 13.4. The summed E-state index contributed by atoms with van der Waals surface area (Å²) in [5, 5.41) is 12.4. The van der Waals surface area contributed by atoms with E-state index in [0.29, 0.717) is 13.1 Å². The maximum Gasteiger partial charge on any atom is 0.322 e. The van der Waals surface area contributed by atoms with Gasteiger partial charge in [0.1, 0.15) is 11.9 Å². The second kappa shape index (κ2) is 6.20. The number of benzene rings is 1. The van der Waals surface area contributed by atoms with E-state index in [1.54, 1.807) is 0 Å². The highest BCUT2D eigenvalue weighted by Crippen LogP contribution is 2.31. The van der Waals surface area contributed by atoms with Gasteiger partial charge >= 0.3 is 5.97 Å². The molecule has 1 aromatic carbocycles. The molecule has 0 radical (unpaired) electrons. The van der Waals surface area contributed by atoms with Gasteiger partial charge in [-0.1, -0.05) is 30.3 Å². The number of carboxylic acid groups (broad SMARTS) is 1. The molecule has 124 valence electrons. The molecule has 0 amide bonds. The summed E-state index contributed by atoms with van der Waals surface area (Å²) in [4.78, 5) is 23.0. The summed E-state index contributed by atoms with van der Waals surface area (Å²) in [6, 6.07) is 9.42. The molecule has 6 heteroatoms. The number of hydrogen-bond donors (Lipinski definition) is 2. The van der Waals surface area contributed by atoms with E-state index in [-0.39, 0.29) is 0 Å². The van der Waals surface area contributed by atoms with E-state index in [9.17, 15) is 9.90 Å². The van der Waals surface area contributed by atoms with Gasteiger partial charge in [0, 0.05) is 36.5 Å². The molecule has 2 heterocycles. The average molecular weight is 324 g/mol. The largest absolute Gasteiger partial charge is 0.480 e. The van der Waals surface area contributed by atoms with E-state index in [4.69, 9.17) is 9.97 Å². The molecular weight excluding hydrogens is 304 g/mol. The number of aromatic nitrogens is 2. The lowest BCUT2D eigenvalue weighted by Gasteiger charge is -2.33. The Morgan fingerprint density at radius 2 is 2.04 bits per heavy atom. The maximum atomic E-state index is 11.3. The highest BCUT2D eigenvalue weighted by Gasteiger charge is 2.29. The zero-order valence-electron chi connectivity index (χ0n) is 13.4. The van der Waals surface area contributed by atoms with Crippen LogP contribution >= 0.6 is 0 Å². The van der Waals surface area contributed by atoms with Crippen molar-refractivity contribution in [1.82, 2.24) is 15.3 Å². The minimum atomic E-state index is -0.811. The number of carboxylic acids is 1. The third-order valence-corrected chi connectivity index (χ3v) is 4.72. The highest BCUT2D eigenvalue weighted by atomic mass is 16.4. The first-order valence-corrected chi connectivity index (χ1v) is 8.39. The first kappa shape index (κ1) is 15.1. The van der Waals surface area contributed by atoms with E-state index in [1.165, 1.54) is 5.56 Å². The predicted octanol–water partition coefficient (Wildman–Crippen LogP) is 1.50. The first-order valence-electron chi connectivity index (χ1n) is 8.39. The van der Waals surface area contributed by atoms with Crippen LogP contribution in [-0.4, -0.2) is 46.7 Å². The van der Waals surface area contributed by atoms with E-state index < -0.39 is 12.0 Å². The molecule has 0 spiro atoms. The van der Waals surface area contributed by atoms with Gasteiger partial charge in [-0.3, -0.25) is 4.79 Å². The van der Waals surface area contributed by atoms with Gasteiger partial charge in [-0.2, -0.15) is 0 Å². The summed E-state index contributed by atoms with van der Waals surface area (Å²) in [6.45, 7) is 1.85. The number of fused-ring (bicyclic) bond motifs is 1. The molecule has 0 unspecified atom stereocenters. The van der Waals surface area contributed by atoms with Crippen LogP contribution in [0.25, 0.3) is 11.4 Å². The van der Waals surface area contributed by atoms with Crippen molar-refractivity contribution in [3.8, 4) is 11.4 Å². The number of nitrogens with zero attached hydrogens (tertiary/aromatic N) is 3. The van der Waals surface area contributed by atoms with Crippen molar-refractivity contribution in [3.63, 3.8) is 0 Å². The number of aliphatic carboxylic acids is 1. The number of rotatable bonds is 3. The number of carbonyl (C=O) groups is 1. The van der Waals surface area contributed by atoms with E-state index in [1.807, 2.05) is 30.3 Å². The zero-order chi connectivity index (χ0) is 16.5. The summed E-state index contributed by atoms with van der Waals surface area (Å²) in [7, 11) is 0. The van der Waals surface area contributed by atoms with E-state index in [0.717, 1.165) is 48.7 Å². The molecular formula is C18H20N4O2. The Labute approximate surface area is 140 Å². The van der Waals surface area contributed by atoms with Crippen LogP contribution in [0.1, 0.15) is 17.7 Å². The Balaban J connectivity index is 1.74. The standard InChI is InChI=1S/C18H20N4O2/c23-18(24)15-11-22(10-9-19-15)17-13-7-4-8-14(13)20-16(21-17)12-5-2-1-3-6-12/h1-3,5-6,15,19H,4,7-11H2,(H,23,24)/t15-/m0/s1. The SMILES string of the molecule is O=C(O)[C@@H]1CN(c2nc(-c3ccccc3)nc3c2CCC3)CCN1. The second-order valence-electron chi connectivity index (χ2n) is 6.31. The molecule has 0 saturated carbocycles. The summed E-state index contributed by atoms with van der Waals surface area (Å²) < 4.78 is 0. The van der Waals surface area contributed by atoms with Crippen LogP contribution in [0.2, 0.25) is 0 Å². The molecule has 4 rings (SSSR count). The summed E-state index contributed by atoms with van der Waals surface area (Å²) in [5.41, 5.74) is 3.31. The lowest BCUT2D eigenvalue weighted by atomic mass is 10.1. The number of anilines is 1. The van der Waals surface area contributed by atoms with Gasteiger partial charge < -0.3 is 15.3 Å². The first-order chi connectivity index (χ1) is 11.7. The number of aryl methyl sites for hydroxylation is 1. The Kier molecular flexibility index (Phi) is 3.90. The van der Waals surface area contributed by atoms with Crippen LogP contribution in [-0.2, 0) is 17.6 Å². The topological polar surface area (TPSA) is 78.3 Å². The van der Waals surface area contributed by atoms with Gasteiger partial charge in [0.25, 0.3) is 0 Å². The molecule has 2 N–H and O–H groups in total. The Hall–Kier alpha value is -2.47. The number of hydrogen-bond acceptors (Lipinski definition) is 5. The summed E-state index contributed by atoms with van der Waals surface area (Å²) >= 11 is 0. The van der Waals surface area contributed by atoms with Gasteiger partial charge in [0.05, 0.1) is 0 Å². The van der Waals surface area contributed by atoms with Crippen molar-refractivity contribution in [3.05, 3.63) is 41.6 Å². The van der Waals surface area contributed by atoms with Crippen LogP contribution in [0.3, 0.4) is 0 Å². The van der Waals surface area contributed by atoms with Crippen LogP contribution in [0, 0.1) is 0 Å². The Bertz CT molecular complexity index is 763. The van der Waals surface area contributed by atoms with Crippen molar-refractivity contribution in [1.29, 1.82) is 0 Å². The number of nitrogens with one attached hydrogen (secondary N) is 1. The van der Waals surface area contributed by atoms with Crippen LogP contribution < -0.4 is 10.2 Å². The normalized spacial score (nSPS) is 20.0. The third-order valence-electron chi connectivity index (χ3n) is 4.72. The van der Waals surface area contributed by atoms with Gasteiger partial charge in [-0.25, -0.2) is 9.97 Å². The Morgan fingerprint density at radius 1 is 1.21 bits per heavy atom. The third kappa shape index (κ3) is 2.73. The molecule has 2 aliphatic rings. The molecule has 1 fully saturated rings. The fraction of sp³-hybridized carbons (Fsp3) is 0.389.